The highest BCUT2D eigenvalue weighted by Gasteiger charge is 2.35. The van der Waals surface area contributed by atoms with E-state index in [-0.39, 0.29) is 23.4 Å². The fraction of sp³-hybridized carbons (Fsp3) is 0.476. The molecule has 1 aliphatic heterocycles. The normalized spacial score (nSPS) is 16.6. The van der Waals surface area contributed by atoms with Gasteiger partial charge in [-0.2, -0.15) is 0 Å². The topological polar surface area (TPSA) is 107 Å². The summed E-state index contributed by atoms with van der Waals surface area (Å²) in [6.07, 6.45) is -0.198. The Morgan fingerprint density at radius 1 is 1.30 bits per heavy atom. The number of nitrogens with two attached hydrogens (primary N) is 1. The van der Waals surface area contributed by atoms with Crippen molar-refractivity contribution in [2.24, 2.45) is 10.7 Å². The van der Waals surface area contributed by atoms with Crippen LogP contribution < -0.4 is 5.73 Å². The van der Waals surface area contributed by atoms with Crippen molar-refractivity contribution in [1.82, 2.24) is 0 Å². The number of ether oxygens (including phenoxy) is 3. The largest absolute Gasteiger partial charge is 0.463 e. The third-order valence-electron chi connectivity index (χ3n) is 4.37. The Bertz CT molecular complexity index is 822. The number of nitrogens with zero attached hydrogens (tertiary/aromatic N) is 1. The third kappa shape index (κ3) is 6.57. The second-order valence-electron chi connectivity index (χ2n) is 6.39. The standard InChI is InChI=1S/C21H28ClN3O4S/c1-4-27-19(26)18-15(13-8-7-9-14(22)10-13)11-16(20(28-5-2)29-6-3)25-17(18)12-30-21(23)24/h7-10,15,20H,4-6,11-12H2,1-3H3,(H3,23,24). The van der Waals surface area contributed by atoms with Crippen molar-refractivity contribution in [3.05, 3.63) is 46.1 Å². The van der Waals surface area contributed by atoms with E-state index in [0.717, 1.165) is 17.3 Å². The summed E-state index contributed by atoms with van der Waals surface area (Å²) in [5.74, 6) is -0.510. The van der Waals surface area contributed by atoms with E-state index >= 15 is 0 Å². The summed E-state index contributed by atoms with van der Waals surface area (Å²) in [4.78, 5) is 17.6. The first-order chi connectivity index (χ1) is 14.4. The third-order valence-corrected chi connectivity index (χ3v) is 5.33. The van der Waals surface area contributed by atoms with Crippen LogP contribution in [0.1, 0.15) is 38.7 Å². The molecule has 30 heavy (non-hydrogen) atoms. The molecule has 1 heterocycles. The number of amidine groups is 1. The Balaban J connectivity index is 2.60. The summed E-state index contributed by atoms with van der Waals surface area (Å²) in [6, 6.07) is 7.38. The first-order valence-corrected chi connectivity index (χ1v) is 11.2. The molecule has 0 radical (unpaired) electrons. The first-order valence-electron chi connectivity index (χ1n) is 9.84. The predicted octanol–water partition coefficient (Wildman–Crippen LogP) is 4.11. The quantitative estimate of drug-likeness (QED) is 0.239. The summed E-state index contributed by atoms with van der Waals surface area (Å²) >= 11 is 7.33. The maximum atomic E-state index is 12.9. The number of hydrogen-bond acceptors (Lipinski definition) is 7. The van der Waals surface area contributed by atoms with Crippen molar-refractivity contribution < 1.29 is 19.0 Å². The molecule has 1 aliphatic rings. The lowest BCUT2D eigenvalue weighted by Gasteiger charge is -2.30. The van der Waals surface area contributed by atoms with Gasteiger partial charge < -0.3 is 19.9 Å². The number of nitrogens with one attached hydrogen (secondary N) is 1. The molecule has 1 atom stereocenters. The lowest BCUT2D eigenvalue weighted by atomic mass is 9.83. The summed E-state index contributed by atoms with van der Waals surface area (Å²) < 4.78 is 16.8. The minimum atomic E-state index is -0.622. The number of aliphatic imine (C=N–C) groups is 1. The van der Waals surface area contributed by atoms with E-state index in [1.165, 1.54) is 0 Å². The Labute approximate surface area is 186 Å². The molecule has 2 rings (SSSR count). The monoisotopic (exact) mass is 453 g/mol. The maximum Gasteiger partial charge on any atom is 0.336 e. The van der Waals surface area contributed by atoms with Gasteiger partial charge in [0.2, 0.25) is 0 Å². The number of carbonyl (C=O) groups excluding carboxylic acids is 1. The zero-order valence-electron chi connectivity index (χ0n) is 17.4. The van der Waals surface area contributed by atoms with Crippen LogP contribution in [0.3, 0.4) is 0 Å². The molecule has 3 N–H and O–H groups in total. The van der Waals surface area contributed by atoms with Crippen LogP contribution in [0.4, 0.5) is 0 Å². The molecule has 0 aromatic heterocycles. The lowest BCUT2D eigenvalue weighted by molar-refractivity contribution is -0.139. The van der Waals surface area contributed by atoms with Gasteiger partial charge in [0.1, 0.15) is 0 Å². The van der Waals surface area contributed by atoms with E-state index in [9.17, 15) is 4.79 Å². The minimum absolute atomic E-state index is 0.0569. The highest BCUT2D eigenvalue weighted by atomic mass is 35.5. The fourth-order valence-corrected chi connectivity index (χ4v) is 3.93. The number of benzene rings is 1. The van der Waals surface area contributed by atoms with Gasteiger partial charge in [0, 0.05) is 36.3 Å². The Morgan fingerprint density at radius 3 is 2.57 bits per heavy atom. The van der Waals surface area contributed by atoms with Gasteiger partial charge in [0.15, 0.2) is 11.5 Å². The van der Waals surface area contributed by atoms with E-state index in [0.29, 0.717) is 41.6 Å². The molecule has 1 aromatic carbocycles. The smallest absolute Gasteiger partial charge is 0.336 e. The molecule has 0 amide bonds. The number of thioether (sulfide) groups is 1. The molecule has 7 nitrogen and oxygen atoms in total. The molecular weight excluding hydrogens is 426 g/mol. The van der Waals surface area contributed by atoms with E-state index in [1.807, 2.05) is 32.0 Å². The molecule has 0 aliphatic carbocycles. The number of esters is 1. The van der Waals surface area contributed by atoms with E-state index in [2.05, 4.69) is 0 Å². The lowest BCUT2D eigenvalue weighted by Crippen LogP contribution is -2.33. The van der Waals surface area contributed by atoms with Crippen molar-refractivity contribution in [3.8, 4) is 0 Å². The highest BCUT2D eigenvalue weighted by Crippen LogP contribution is 2.38. The average molecular weight is 454 g/mol. The first kappa shape index (κ1) is 24.4. The van der Waals surface area contributed by atoms with E-state index < -0.39 is 12.3 Å². The van der Waals surface area contributed by atoms with Crippen molar-refractivity contribution >= 4 is 40.2 Å². The van der Waals surface area contributed by atoms with Crippen LogP contribution in [-0.4, -0.2) is 48.7 Å². The van der Waals surface area contributed by atoms with E-state index in [1.54, 1.807) is 13.0 Å². The van der Waals surface area contributed by atoms with Gasteiger partial charge in [-0.15, -0.1) is 0 Å². The molecule has 1 aromatic rings. The molecule has 0 fully saturated rings. The highest BCUT2D eigenvalue weighted by molar-refractivity contribution is 8.13. The minimum Gasteiger partial charge on any atom is -0.463 e. The maximum absolute atomic E-state index is 12.9. The van der Waals surface area contributed by atoms with Crippen molar-refractivity contribution in [2.45, 2.75) is 39.4 Å². The number of rotatable bonds is 10. The van der Waals surface area contributed by atoms with Gasteiger partial charge in [-0.3, -0.25) is 10.4 Å². The summed E-state index contributed by atoms with van der Waals surface area (Å²) in [6.45, 7) is 6.69. The van der Waals surface area contributed by atoms with Crippen LogP contribution in [0.15, 0.2) is 40.5 Å². The van der Waals surface area contributed by atoms with Crippen LogP contribution in [0.2, 0.25) is 5.02 Å². The van der Waals surface area contributed by atoms with Gasteiger partial charge in [0.25, 0.3) is 0 Å². The average Bonchev–Trinajstić information content (AvgIpc) is 2.71. The van der Waals surface area contributed by atoms with Gasteiger partial charge in [0.05, 0.1) is 23.6 Å². The van der Waals surface area contributed by atoms with E-state index in [4.69, 9.17) is 41.9 Å². The number of carbonyl (C=O) groups is 1. The molecular formula is C21H28ClN3O4S. The van der Waals surface area contributed by atoms with Crippen molar-refractivity contribution in [1.29, 1.82) is 5.41 Å². The predicted molar refractivity (Wildman–Crippen MR) is 121 cm³/mol. The Morgan fingerprint density at radius 2 is 2.00 bits per heavy atom. The van der Waals surface area contributed by atoms with Crippen molar-refractivity contribution in [2.75, 3.05) is 25.6 Å². The van der Waals surface area contributed by atoms with Crippen LogP contribution >= 0.6 is 23.4 Å². The fourth-order valence-electron chi connectivity index (χ4n) is 3.22. The van der Waals surface area contributed by atoms with Gasteiger partial charge in [-0.25, -0.2) is 4.79 Å². The molecule has 1 unspecified atom stereocenters. The number of halogens is 1. The van der Waals surface area contributed by atoms with Crippen LogP contribution in [0.5, 0.6) is 0 Å². The summed E-state index contributed by atoms with van der Waals surface area (Å²) in [5, 5.41) is 8.08. The second kappa shape index (κ2) is 12.1. The van der Waals surface area contributed by atoms with Gasteiger partial charge in [-0.05, 0) is 38.5 Å². The molecule has 0 bridgehead atoms. The van der Waals surface area contributed by atoms with Crippen LogP contribution in [-0.2, 0) is 19.0 Å². The van der Waals surface area contributed by atoms with Crippen LogP contribution in [0.25, 0.3) is 0 Å². The SMILES string of the molecule is CCOC(=O)C1=C(CSC(=N)N)N=C(C(OCC)OCC)CC1c1cccc(Cl)c1. The molecule has 0 spiro atoms. The van der Waals surface area contributed by atoms with Crippen LogP contribution in [0, 0.1) is 5.41 Å². The van der Waals surface area contributed by atoms with Crippen molar-refractivity contribution in [3.63, 3.8) is 0 Å². The zero-order chi connectivity index (χ0) is 22.1. The molecule has 0 saturated heterocycles. The molecule has 0 saturated carbocycles. The molecule has 164 valence electrons. The van der Waals surface area contributed by atoms with Gasteiger partial charge >= 0.3 is 5.97 Å². The zero-order valence-corrected chi connectivity index (χ0v) is 19.0. The Hall–Kier alpha value is -1.87. The number of hydrogen-bond donors (Lipinski definition) is 2. The Kier molecular flexibility index (Phi) is 9.84. The summed E-state index contributed by atoms with van der Waals surface area (Å²) in [5.41, 5.74) is 8.04. The molecule has 9 heteroatoms. The van der Waals surface area contributed by atoms with Gasteiger partial charge in [-0.1, -0.05) is 35.5 Å². The second-order valence-corrected chi connectivity index (χ2v) is 7.84. The summed E-state index contributed by atoms with van der Waals surface area (Å²) in [7, 11) is 0.